The summed E-state index contributed by atoms with van der Waals surface area (Å²) in [5, 5.41) is 7.01. The fourth-order valence-electron chi connectivity index (χ4n) is 5.23. The van der Waals surface area contributed by atoms with E-state index in [1.165, 1.54) is 0 Å². The van der Waals surface area contributed by atoms with Crippen molar-refractivity contribution in [2.45, 2.75) is 5.54 Å². The molecule has 6 rings (SSSR count). The van der Waals surface area contributed by atoms with Gasteiger partial charge in [0, 0.05) is 21.0 Å². The second-order valence-corrected chi connectivity index (χ2v) is 9.75. The zero-order valence-electron chi connectivity index (χ0n) is 19.9. The third kappa shape index (κ3) is 3.79. The maximum absolute atomic E-state index is 6.63. The van der Waals surface area contributed by atoms with E-state index in [2.05, 4.69) is 83.5 Å². The number of benzene rings is 5. The fourth-order valence-corrected chi connectivity index (χ4v) is 5.85. The molecular formula is C32H23Cl2N3. The summed E-state index contributed by atoms with van der Waals surface area (Å²) < 4.78 is 2.05. The summed E-state index contributed by atoms with van der Waals surface area (Å²) in [6.07, 6.45) is 0. The Hall–Kier alpha value is -4.05. The summed E-state index contributed by atoms with van der Waals surface area (Å²) in [6, 6.07) is 42.9. The molecule has 180 valence electrons. The number of rotatable bonds is 5. The van der Waals surface area contributed by atoms with E-state index in [0.717, 1.165) is 38.7 Å². The summed E-state index contributed by atoms with van der Waals surface area (Å²) in [5.41, 5.74) is 11.7. The van der Waals surface area contributed by atoms with Crippen molar-refractivity contribution in [3.05, 3.63) is 154 Å². The Morgan fingerprint density at radius 1 is 0.595 bits per heavy atom. The average molecular weight is 520 g/mol. The van der Waals surface area contributed by atoms with Crippen molar-refractivity contribution in [3.63, 3.8) is 0 Å². The first-order valence-corrected chi connectivity index (χ1v) is 12.8. The highest BCUT2D eigenvalue weighted by Crippen LogP contribution is 2.44. The van der Waals surface area contributed by atoms with Crippen LogP contribution in [0.1, 0.15) is 16.7 Å². The van der Waals surface area contributed by atoms with Crippen LogP contribution < -0.4 is 5.73 Å². The Bertz CT molecular complexity index is 1580. The molecule has 0 saturated heterocycles. The summed E-state index contributed by atoms with van der Waals surface area (Å²) in [6.45, 7) is 0. The van der Waals surface area contributed by atoms with E-state index in [4.69, 9.17) is 34.0 Å². The van der Waals surface area contributed by atoms with Gasteiger partial charge >= 0.3 is 0 Å². The maximum Gasteiger partial charge on any atom is 0.153 e. The van der Waals surface area contributed by atoms with Gasteiger partial charge in [-0.3, -0.25) is 0 Å². The number of halogens is 2. The van der Waals surface area contributed by atoms with Crippen LogP contribution in [0.2, 0.25) is 10.0 Å². The monoisotopic (exact) mass is 519 g/mol. The molecule has 6 aromatic rings. The molecule has 0 aliphatic rings. The van der Waals surface area contributed by atoms with Crippen molar-refractivity contribution < 1.29 is 0 Å². The quantitative estimate of drug-likeness (QED) is 0.232. The van der Waals surface area contributed by atoms with Gasteiger partial charge in [-0.15, -0.1) is 0 Å². The molecule has 2 N–H and O–H groups in total. The van der Waals surface area contributed by atoms with E-state index in [9.17, 15) is 0 Å². The second-order valence-electron chi connectivity index (χ2n) is 8.93. The standard InChI is InChI=1S/C32H23Cl2N3/c33-27-17-10-18-28(34)30(27)22-19-20-29-26(21-22)31(35)36-37(29)32(23-11-4-1-5-12-23,24-13-6-2-7-14-24)25-15-8-3-9-16-25/h1-21H,(H2,35,36). The number of aromatic nitrogens is 2. The minimum absolute atomic E-state index is 0.437. The Morgan fingerprint density at radius 2 is 1.08 bits per heavy atom. The molecule has 0 aliphatic heterocycles. The Kier molecular flexibility index (Phi) is 5.96. The van der Waals surface area contributed by atoms with Gasteiger partial charge in [0.05, 0.1) is 5.52 Å². The smallest absolute Gasteiger partial charge is 0.153 e. The number of anilines is 1. The lowest BCUT2D eigenvalue weighted by Gasteiger charge is -2.37. The molecule has 0 amide bonds. The number of nitrogen functional groups attached to an aromatic ring is 1. The molecule has 37 heavy (non-hydrogen) atoms. The molecule has 5 aromatic carbocycles. The molecule has 0 spiro atoms. The van der Waals surface area contributed by atoms with Crippen LogP contribution >= 0.6 is 23.2 Å². The van der Waals surface area contributed by atoms with Crippen molar-refractivity contribution in [2.75, 3.05) is 5.73 Å². The molecule has 1 heterocycles. The van der Waals surface area contributed by atoms with E-state index in [1.807, 2.05) is 48.5 Å². The van der Waals surface area contributed by atoms with Gasteiger partial charge in [0.2, 0.25) is 0 Å². The SMILES string of the molecule is Nc1nn(C(c2ccccc2)(c2ccccc2)c2ccccc2)c2ccc(-c3c(Cl)cccc3Cl)cc12. The van der Waals surface area contributed by atoms with Gasteiger partial charge in [-0.2, -0.15) is 5.10 Å². The van der Waals surface area contributed by atoms with Gasteiger partial charge < -0.3 is 5.73 Å². The third-order valence-corrected chi connectivity index (χ3v) is 7.48. The number of hydrogen-bond acceptors (Lipinski definition) is 2. The van der Waals surface area contributed by atoms with Crippen molar-refractivity contribution in [2.24, 2.45) is 0 Å². The summed E-state index contributed by atoms with van der Waals surface area (Å²) in [4.78, 5) is 0. The zero-order chi connectivity index (χ0) is 25.4. The molecule has 3 nitrogen and oxygen atoms in total. The topological polar surface area (TPSA) is 43.8 Å². The van der Waals surface area contributed by atoms with Crippen LogP contribution in [0.15, 0.2) is 127 Å². The lowest BCUT2D eigenvalue weighted by Crippen LogP contribution is -2.38. The summed E-state index contributed by atoms with van der Waals surface area (Å²) in [7, 11) is 0. The first kappa shape index (κ1) is 23.4. The number of nitrogens with two attached hydrogens (primary N) is 1. The Balaban J connectivity index is 1.70. The van der Waals surface area contributed by atoms with Crippen LogP contribution in [0.5, 0.6) is 0 Å². The fraction of sp³-hybridized carbons (Fsp3) is 0.0312. The van der Waals surface area contributed by atoms with Gasteiger partial charge in [-0.1, -0.05) is 126 Å². The van der Waals surface area contributed by atoms with Crippen LogP contribution in [-0.2, 0) is 5.54 Å². The summed E-state index contributed by atoms with van der Waals surface area (Å²) in [5.74, 6) is 0.437. The normalized spacial score (nSPS) is 11.6. The lowest BCUT2D eigenvalue weighted by molar-refractivity contribution is 0.477. The molecule has 1 aromatic heterocycles. The minimum atomic E-state index is -0.761. The lowest BCUT2D eigenvalue weighted by atomic mass is 9.77. The number of fused-ring (bicyclic) bond motifs is 1. The van der Waals surface area contributed by atoms with Crippen LogP contribution in [0.25, 0.3) is 22.0 Å². The molecule has 5 heteroatoms. The van der Waals surface area contributed by atoms with Crippen LogP contribution in [0.3, 0.4) is 0 Å². The van der Waals surface area contributed by atoms with Crippen LogP contribution in [0.4, 0.5) is 5.82 Å². The predicted molar refractivity (Wildman–Crippen MR) is 154 cm³/mol. The van der Waals surface area contributed by atoms with Crippen LogP contribution in [0, 0.1) is 0 Å². The highest BCUT2D eigenvalue weighted by atomic mass is 35.5. The molecule has 0 aliphatic carbocycles. The second kappa shape index (κ2) is 9.44. The number of nitrogens with zero attached hydrogens (tertiary/aromatic N) is 2. The zero-order valence-corrected chi connectivity index (χ0v) is 21.4. The molecule has 0 fully saturated rings. The third-order valence-electron chi connectivity index (χ3n) is 6.85. The average Bonchev–Trinajstić information content (AvgIpc) is 3.27. The van der Waals surface area contributed by atoms with E-state index >= 15 is 0 Å². The Labute approximate surface area is 225 Å². The molecule has 0 saturated carbocycles. The highest BCUT2D eigenvalue weighted by Gasteiger charge is 2.40. The van der Waals surface area contributed by atoms with Gasteiger partial charge in [0.25, 0.3) is 0 Å². The molecule has 0 radical (unpaired) electrons. The van der Waals surface area contributed by atoms with Gasteiger partial charge in [-0.25, -0.2) is 4.68 Å². The van der Waals surface area contributed by atoms with E-state index in [1.54, 1.807) is 0 Å². The van der Waals surface area contributed by atoms with E-state index in [-0.39, 0.29) is 0 Å². The van der Waals surface area contributed by atoms with Crippen molar-refractivity contribution in [3.8, 4) is 11.1 Å². The highest BCUT2D eigenvalue weighted by molar-refractivity contribution is 6.39. The molecule has 0 bridgehead atoms. The van der Waals surface area contributed by atoms with Crippen LogP contribution in [-0.4, -0.2) is 9.78 Å². The molecule has 0 unspecified atom stereocenters. The van der Waals surface area contributed by atoms with Gasteiger partial charge in [-0.05, 0) is 46.5 Å². The maximum atomic E-state index is 6.63. The van der Waals surface area contributed by atoms with Gasteiger partial charge in [0.15, 0.2) is 5.82 Å². The largest absolute Gasteiger partial charge is 0.382 e. The van der Waals surface area contributed by atoms with E-state index < -0.39 is 5.54 Å². The first-order chi connectivity index (χ1) is 18.1. The molecule has 0 atom stereocenters. The predicted octanol–water partition coefficient (Wildman–Crippen LogP) is 8.43. The van der Waals surface area contributed by atoms with Crippen molar-refractivity contribution in [1.82, 2.24) is 9.78 Å². The van der Waals surface area contributed by atoms with Crippen molar-refractivity contribution in [1.29, 1.82) is 0 Å². The number of hydrogen-bond donors (Lipinski definition) is 1. The first-order valence-electron chi connectivity index (χ1n) is 12.0. The Morgan fingerprint density at radius 3 is 1.57 bits per heavy atom. The minimum Gasteiger partial charge on any atom is -0.382 e. The van der Waals surface area contributed by atoms with Crippen molar-refractivity contribution >= 4 is 39.9 Å². The summed E-state index contributed by atoms with van der Waals surface area (Å²) >= 11 is 13.1. The molecular weight excluding hydrogens is 497 g/mol. The van der Waals surface area contributed by atoms with Gasteiger partial charge in [0.1, 0.15) is 5.54 Å². The van der Waals surface area contributed by atoms with E-state index in [0.29, 0.717) is 15.9 Å².